The molecule has 21 heavy (non-hydrogen) atoms. The van der Waals surface area contributed by atoms with Gasteiger partial charge in [0.2, 0.25) is 11.8 Å². The van der Waals surface area contributed by atoms with Gasteiger partial charge in [0.05, 0.1) is 0 Å². The van der Waals surface area contributed by atoms with Crippen molar-refractivity contribution in [1.29, 1.82) is 0 Å². The molecule has 2 rings (SSSR count). The van der Waals surface area contributed by atoms with Crippen molar-refractivity contribution in [3.63, 3.8) is 0 Å². The number of nitrogens with one attached hydrogen (secondary N) is 1. The number of amides is 2. The van der Waals surface area contributed by atoms with Gasteiger partial charge in [-0.2, -0.15) is 0 Å². The van der Waals surface area contributed by atoms with E-state index in [-0.39, 0.29) is 5.91 Å². The molecule has 0 aromatic carbocycles. The van der Waals surface area contributed by atoms with Crippen molar-refractivity contribution in [2.45, 2.75) is 44.9 Å². The molecule has 0 radical (unpaired) electrons. The standard InChI is InChI=1S/C16H29N3O2/c1-17-8-7-15(20)18-9-11-19(12-10-18)16(21)13-14-5-3-2-4-6-14/h14,17H,2-13H2,1H3. The van der Waals surface area contributed by atoms with Crippen LogP contribution in [0.4, 0.5) is 0 Å². The zero-order valence-electron chi connectivity index (χ0n) is 13.3. The minimum absolute atomic E-state index is 0.198. The van der Waals surface area contributed by atoms with Gasteiger partial charge in [-0.05, 0) is 25.8 Å². The maximum Gasteiger partial charge on any atom is 0.223 e. The van der Waals surface area contributed by atoms with E-state index in [9.17, 15) is 9.59 Å². The maximum atomic E-state index is 12.3. The summed E-state index contributed by atoms with van der Waals surface area (Å²) in [5.74, 6) is 1.09. The van der Waals surface area contributed by atoms with Gasteiger partial charge in [-0.15, -0.1) is 0 Å². The SMILES string of the molecule is CNCCC(=O)N1CCN(C(=O)CC2CCCCC2)CC1. The number of carbonyl (C=O) groups excluding carboxylic acids is 2. The minimum Gasteiger partial charge on any atom is -0.339 e. The van der Waals surface area contributed by atoms with E-state index in [4.69, 9.17) is 0 Å². The average molecular weight is 295 g/mol. The van der Waals surface area contributed by atoms with Gasteiger partial charge >= 0.3 is 0 Å². The van der Waals surface area contributed by atoms with Gasteiger partial charge in [-0.1, -0.05) is 19.3 Å². The van der Waals surface area contributed by atoms with Gasteiger partial charge in [-0.3, -0.25) is 9.59 Å². The summed E-state index contributed by atoms with van der Waals surface area (Å²) in [5.41, 5.74) is 0. The molecule has 1 heterocycles. The van der Waals surface area contributed by atoms with Crippen LogP contribution in [0.5, 0.6) is 0 Å². The molecule has 1 saturated heterocycles. The number of hydrogen-bond acceptors (Lipinski definition) is 3. The van der Waals surface area contributed by atoms with Gasteiger partial charge in [-0.25, -0.2) is 0 Å². The first-order valence-corrected chi connectivity index (χ1v) is 8.41. The number of hydrogen-bond donors (Lipinski definition) is 1. The van der Waals surface area contributed by atoms with Gasteiger partial charge in [0.25, 0.3) is 0 Å². The first kappa shape index (κ1) is 16.3. The topological polar surface area (TPSA) is 52.7 Å². The number of rotatable bonds is 5. The van der Waals surface area contributed by atoms with Crippen LogP contribution in [-0.4, -0.2) is 61.4 Å². The smallest absolute Gasteiger partial charge is 0.223 e. The Balaban J connectivity index is 1.70. The predicted octanol–water partition coefficient (Wildman–Crippen LogP) is 1.24. The van der Waals surface area contributed by atoms with Crippen LogP contribution in [0.1, 0.15) is 44.9 Å². The van der Waals surface area contributed by atoms with Crippen LogP contribution in [0.25, 0.3) is 0 Å². The summed E-state index contributed by atoms with van der Waals surface area (Å²) in [4.78, 5) is 28.1. The van der Waals surface area contributed by atoms with Crippen LogP contribution in [-0.2, 0) is 9.59 Å². The molecule has 0 aromatic rings. The molecule has 0 bridgehead atoms. The Hall–Kier alpha value is -1.10. The second-order valence-electron chi connectivity index (χ2n) is 6.32. The molecule has 0 spiro atoms. The lowest BCUT2D eigenvalue weighted by Crippen LogP contribution is -2.51. The summed E-state index contributed by atoms with van der Waals surface area (Å²) in [6.07, 6.45) is 7.60. The lowest BCUT2D eigenvalue weighted by atomic mass is 9.86. The molecule has 5 nitrogen and oxygen atoms in total. The molecule has 1 saturated carbocycles. The molecule has 2 fully saturated rings. The van der Waals surface area contributed by atoms with Crippen LogP contribution in [0.15, 0.2) is 0 Å². The number of piperazine rings is 1. The van der Waals surface area contributed by atoms with Crippen molar-refractivity contribution < 1.29 is 9.59 Å². The summed E-state index contributed by atoms with van der Waals surface area (Å²) >= 11 is 0. The largest absolute Gasteiger partial charge is 0.339 e. The van der Waals surface area contributed by atoms with Gasteiger partial charge in [0, 0.05) is 45.6 Å². The van der Waals surface area contributed by atoms with Crippen LogP contribution in [0.2, 0.25) is 0 Å². The molecule has 1 aliphatic heterocycles. The van der Waals surface area contributed by atoms with Crippen molar-refractivity contribution in [2.75, 3.05) is 39.8 Å². The molecule has 0 unspecified atom stereocenters. The third-order valence-corrected chi connectivity index (χ3v) is 4.76. The highest BCUT2D eigenvalue weighted by Crippen LogP contribution is 2.27. The van der Waals surface area contributed by atoms with Gasteiger partial charge in [0.1, 0.15) is 0 Å². The third-order valence-electron chi connectivity index (χ3n) is 4.76. The highest BCUT2D eigenvalue weighted by Gasteiger charge is 2.25. The van der Waals surface area contributed by atoms with Crippen LogP contribution in [0, 0.1) is 5.92 Å². The number of carbonyl (C=O) groups is 2. The van der Waals surface area contributed by atoms with Crippen molar-refractivity contribution in [3.8, 4) is 0 Å². The Kier molecular flexibility index (Phi) is 6.49. The predicted molar refractivity (Wildman–Crippen MR) is 82.9 cm³/mol. The summed E-state index contributed by atoms with van der Waals surface area (Å²) in [7, 11) is 1.86. The van der Waals surface area contributed by atoms with E-state index < -0.39 is 0 Å². The Morgan fingerprint density at radius 3 is 2.10 bits per heavy atom. The monoisotopic (exact) mass is 295 g/mol. The minimum atomic E-state index is 0.198. The Bertz CT molecular complexity index is 345. The van der Waals surface area contributed by atoms with Crippen molar-refractivity contribution in [1.82, 2.24) is 15.1 Å². The van der Waals surface area contributed by atoms with E-state index in [1.165, 1.54) is 32.1 Å². The Labute approximate surface area is 128 Å². The second-order valence-corrected chi connectivity index (χ2v) is 6.32. The molecule has 5 heteroatoms. The molecule has 1 aliphatic carbocycles. The molecular weight excluding hydrogens is 266 g/mol. The van der Waals surface area contributed by atoms with E-state index in [1.54, 1.807) is 0 Å². The summed E-state index contributed by atoms with van der Waals surface area (Å²) in [5, 5.41) is 3.00. The molecule has 120 valence electrons. The molecule has 2 aliphatic rings. The average Bonchev–Trinajstić information content (AvgIpc) is 2.53. The quantitative estimate of drug-likeness (QED) is 0.830. The zero-order chi connectivity index (χ0) is 15.1. The molecule has 0 atom stereocenters. The van der Waals surface area contributed by atoms with E-state index in [1.807, 2.05) is 16.8 Å². The fourth-order valence-electron chi connectivity index (χ4n) is 3.36. The van der Waals surface area contributed by atoms with E-state index in [0.717, 1.165) is 6.54 Å². The van der Waals surface area contributed by atoms with Crippen LogP contribution >= 0.6 is 0 Å². The number of nitrogens with zero attached hydrogens (tertiary/aromatic N) is 2. The van der Waals surface area contributed by atoms with Crippen molar-refractivity contribution in [2.24, 2.45) is 5.92 Å². The van der Waals surface area contributed by atoms with Crippen LogP contribution in [0.3, 0.4) is 0 Å². The second kappa shape index (κ2) is 8.37. The van der Waals surface area contributed by atoms with E-state index >= 15 is 0 Å². The van der Waals surface area contributed by atoms with Gasteiger partial charge in [0.15, 0.2) is 0 Å². The molecule has 2 amide bonds. The molecule has 0 aromatic heterocycles. The van der Waals surface area contributed by atoms with Gasteiger partial charge < -0.3 is 15.1 Å². The highest BCUT2D eigenvalue weighted by atomic mass is 16.2. The Morgan fingerprint density at radius 2 is 1.52 bits per heavy atom. The summed E-state index contributed by atoms with van der Waals surface area (Å²) < 4.78 is 0. The fraction of sp³-hybridized carbons (Fsp3) is 0.875. The summed E-state index contributed by atoms with van der Waals surface area (Å²) in [6, 6.07) is 0. The van der Waals surface area contributed by atoms with E-state index in [0.29, 0.717) is 50.8 Å². The lowest BCUT2D eigenvalue weighted by Gasteiger charge is -2.35. The molecular formula is C16H29N3O2. The first-order chi connectivity index (χ1) is 10.2. The fourth-order valence-corrected chi connectivity index (χ4v) is 3.36. The summed E-state index contributed by atoms with van der Waals surface area (Å²) in [6.45, 7) is 3.52. The Morgan fingerprint density at radius 1 is 0.952 bits per heavy atom. The lowest BCUT2D eigenvalue weighted by molar-refractivity contribution is -0.140. The molecule has 1 N–H and O–H groups in total. The maximum absolute atomic E-state index is 12.3. The highest BCUT2D eigenvalue weighted by molar-refractivity contribution is 5.78. The van der Waals surface area contributed by atoms with Crippen molar-refractivity contribution >= 4 is 11.8 Å². The zero-order valence-corrected chi connectivity index (χ0v) is 13.3. The van der Waals surface area contributed by atoms with Crippen molar-refractivity contribution in [3.05, 3.63) is 0 Å². The normalized spacial score (nSPS) is 20.6. The van der Waals surface area contributed by atoms with Crippen LogP contribution < -0.4 is 5.32 Å². The van der Waals surface area contributed by atoms with E-state index in [2.05, 4.69) is 5.32 Å². The third kappa shape index (κ3) is 4.99. The first-order valence-electron chi connectivity index (χ1n) is 8.41.